The van der Waals surface area contributed by atoms with Gasteiger partial charge in [0.2, 0.25) is 5.91 Å². The van der Waals surface area contributed by atoms with Crippen LogP contribution in [0.15, 0.2) is 54.0 Å². The molecular formula is C23H29ClN4O3. The number of methoxy groups -OCH3 is 1. The molecule has 0 radical (unpaired) electrons. The van der Waals surface area contributed by atoms with Crippen molar-refractivity contribution in [2.75, 3.05) is 26.7 Å². The van der Waals surface area contributed by atoms with E-state index in [1.807, 2.05) is 40.3 Å². The summed E-state index contributed by atoms with van der Waals surface area (Å²) in [7, 11) is 1.36. The van der Waals surface area contributed by atoms with Crippen molar-refractivity contribution in [2.24, 2.45) is 0 Å². The largest absolute Gasteiger partial charge is 0.465 e. The van der Waals surface area contributed by atoms with Crippen molar-refractivity contribution in [1.29, 1.82) is 0 Å². The molecule has 0 saturated heterocycles. The lowest BCUT2D eigenvalue weighted by Gasteiger charge is -2.28. The van der Waals surface area contributed by atoms with E-state index in [1.54, 1.807) is 12.2 Å². The number of rotatable bonds is 9. The number of carbonyl (C=O) groups excluding carboxylic acids is 2. The number of ether oxygens (including phenoxy) is 1. The zero-order chi connectivity index (χ0) is 22.4. The molecular weight excluding hydrogens is 416 g/mol. The number of esters is 1. The van der Waals surface area contributed by atoms with Crippen LogP contribution >= 0.6 is 11.6 Å². The first-order valence-corrected chi connectivity index (χ1v) is 10.9. The molecule has 166 valence electrons. The number of halogens is 1. The molecule has 31 heavy (non-hydrogen) atoms. The highest BCUT2D eigenvalue weighted by Crippen LogP contribution is 2.30. The predicted octanol–water partition coefficient (Wildman–Crippen LogP) is 3.06. The molecule has 8 heteroatoms. The quantitative estimate of drug-likeness (QED) is 0.570. The molecule has 0 aromatic heterocycles. The maximum absolute atomic E-state index is 12.8. The van der Waals surface area contributed by atoms with Gasteiger partial charge in [-0.05, 0) is 37.1 Å². The van der Waals surface area contributed by atoms with Crippen molar-refractivity contribution in [2.45, 2.75) is 32.9 Å². The topological polar surface area (TPSA) is 73.9 Å². The van der Waals surface area contributed by atoms with Crippen LogP contribution in [0.3, 0.4) is 0 Å². The smallest absolute Gasteiger partial charge is 0.337 e. The van der Waals surface area contributed by atoms with E-state index in [0.29, 0.717) is 10.6 Å². The fraction of sp³-hybridized carbons (Fsp3) is 0.391. The van der Waals surface area contributed by atoms with Gasteiger partial charge in [0.05, 0.1) is 24.9 Å². The Morgan fingerprint density at radius 3 is 2.48 bits per heavy atom. The Hall–Kier alpha value is -2.93. The van der Waals surface area contributed by atoms with Crippen molar-refractivity contribution in [3.8, 4) is 0 Å². The third-order valence-electron chi connectivity index (χ3n) is 5.14. The minimum absolute atomic E-state index is 0.0573. The number of hydrogen-bond donors (Lipinski definition) is 2. The maximum atomic E-state index is 12.8. The average molecular weight is 445 g/mol. The molecule has 0 saturated carbocycles. The monoisotopic (exact) mass is 444 g/mol. The number of nitrogens with zero attached hydrogens (tertiary/aromatic N) is 2. The molecule has 0 bridgehead atoms. The normalized spacial score (nSPS) is 17.1. The van der Waals surface area contributed by atoms with E-state index in [9.17, 15) is 9.59 Å². The van der Waals surface area contributed by atoms with Gasteiger partial charge in [0.15, 0.2) is 0 Å². The minimum Gasteiger partial charge on any atom is -0.465 e. The second kappa shape index (κ2) is 10.4. The highest BCUT2D eigenvalue weighted by atomic mass is 35.5. The van der Waals surface area contributed by atoms with Crippen LogP contribution in [0, 0.1) is 0 Å². The van der Waals surface area contributed by atoms with Crippen molar-refractivity contribution in [3.63, 3.8) is 0 Å². The first kappa shape index (κ1) is 22.7. The van der Waals surface area contributed by atoms with Crippen LogP contribution in [0.4, 0.5) is 0 Å². The Morgan fingerprint density at radius 1 is 1.19 bits per heavy atom. The zero-order valence-electron chi connectivity index (χ0n) is 18.2. The van der Waals surface area contributed by atoms with Gasteiger partial charge in [0, 0.05) is 29.9 Å². The molecule has 0 aliphatic carbocycles. The van der Waals surface area contributed by atoms with E-state index < -0.39 is 5.97 Å². The highest BCUT2D eigenvalue weighted by Gasteiger charge is 2.33. The Labute approximate surface area is 188 Å². The van der Waals surface area contributed by atoms with E-state index in [1.165, 1.54) is 7.11 Å². The van der Waals surface area contributed by atoms with Gasteiger partial charge in [-0.2, -0.15) is 0 Å². The van der Waals surface area contributed by atoms with Crippen LogP contribution in [0.5, 0.6) is 0 Å². The molecule has 2 N–H and O–H groups in total. The van der Waals surface area contributed by atoms with Gasteiger partial charge >= 0.3 is 5.97 Å². The summed E-state index contributed by atoms with van der Waals surface area (Å²) in [5, 5.41) is 7.40. The molecule has 3 rings (SSSR count). The zero-order valence-corrected chi connectivity index (χ0v) is 18.9. The summed E-state index contributed by atoms with van der Waals surface area (Å²) in [4.78, 5) is 28.6. The van der Waals surface area contributed by atoms with Gasteiger partial charge in [-0.25, -0.2) is 4.79 Å². The molecule has 7 nitrogen and oxygen atoms in total. The molecule has 2 heterocycles. The van der Waals surface area contributed by atoms with Gasteiger partial charge in [0.1, 0.15) is 12.0 Å². The average Bonchev–Trinajstić information content (AvgIpc) is 3.14. The summed E-state index contributed by atoms with van der Waals surface area (Å²) in [6, 6.07) is 7.48. The fourth-order valence-corrected chi connectivity index (χ4v) is 3.80. The standard InChI is InChI=1S/C23H29ClN4O3/c1-4-11-27(12-5-2)20(29)15-25-22-21(16-6-8-18(24)9-7-16)26-19-14-17(23(30)31-3)10-13-28(19)22/h6-10,13-14,19,25-26H,4-5,11-12,15H2,1-3H3. The second-order valence-electron chi connectivity index (χ2n) is 7.39. The Morgan fingerprint density at radius 2 is 1.87 bits per heavy atom. The Bertz CT molecular complexity index is 902. The van der Waals surface area contributed by atoms with E-state index in [4.69, 9.17) is 16.3 Å². The lowest BCUT2D eigenvalue weighted by molar-refractivity contribution is -0.135. The number of benzene rings is 1. The van der Waals surface area contributed by atoms with Gasteiger partial charge < -0.3 is 25.2 Å². The van der Waals surface area contributed by atoms with Crippen molar-refractivity contribution in [1.82, 2.24) is 20.4 Å². The van der Waals surface area contributed by atoms with Gasteiger partial charge in [-0.3, -0.25) is 4.79 Å². The summed E-state index contributed by atoms with van der Waals surface area (Å²) in [6.45, 7) is 5.80. The van der Waals surface area contributed by atoms with Crippen molar-refractivity contribution < 1.29 is 14.3 Å². The van der Waals surface area contributed by atoms with Crippen LogP contribution in [0.2, 0.25) is 5.02 Å². The fourth-order valence-electron chi connectivity index (χ4n) is 3.67. The number of nitrogens with one attached hydrogen (secondary N) is 2. The summed E-state index contributed by atoms with van der Waals surface area (Å²) >= 11 is 6.06. The van der Waals surface area contributed by atoms with E-state index in [2.05, 4.69) is 24.5 Å². The summed E-state index contributed by atoms with van der Waals surface area (Å²) < 4.78 is 4.84. The lowest BCUT2D eigenvalue weighted by Crippen LogP contribution is -2.42. The molecule has 2 aliphatic heterocycles. The Kier molecular flexibility index (Phi) is 7.63. The van der Waals surface area contributed by atoms with Crippen LogP contribution in [0.25, 0.3) is 5.70 Å². The van der Waals surface area contributed by atoms with Gasteiger partial charge in [-0.1, -0.05) is 37.6 Å². The summed E-state index contributed by atoms with van der Waals surface area (Å²) in [6.07, 6.45) is 6.89. The van der Waals surface area contributed by atoms with Gasteiger partial charge in [0.25, 0.3) is 0 Å². The van der Waals surface area contributed by atoms with E-state index in [-0.39, 0.29) is 18.6 Å². The first-order valence-electron chi connectivity index (χ1n) is 10.5. The first-order chi connectivity index (χ1) is 15.0. The van der Waals surface area contributed by atoms with Crippen LogP contribution in [-0.2, 0) is 14.3 Å². The van der Waals surface area contributed by atoms with Crippen molar-refractivity contribution in [3.05, 3.63) is 64.6 Å². The van der Waals surface area contributed by atoms with E-state index in [0.717, 1.165) is 43.0 Å². The van der Waals surface area contributed by atoms with Crippen LogP contribution in [-0.4, -0.2) is 54.6 Å². The SMILES string of the molecule is CCCN(CCC)C(=O)CNC1=C(c2ccc(Cl)cc2)NC2C=C(C(=O)OC)C=CN12. The molecule has 1 atom stereocenters. The number of fused-ring (bicyclic) bond motifs is 1. The second-order valence-corrected chi connectivity index (χ2v) is 7.83. The third-order valence-corrected chi connectivity index (χ3v) is 5.39. The van der Waals surface area contributed by atoms with E-state index >= 15 is 0 Å². The van der Waals surface area contributed by atoms with Crippen LogP contribution in [0.1, 0.15) is 32.3 Å². The molecule has 1 unspecified atom stereocenters. The molecule has 1 aromatic rings. The number of hydrogen-bond acceptors (Lipinski definition) is 6. The predicted molar refractivity (Wildman–Crippen MR) is 122 cm³/mol. The Balaban J connectivity index is 1.85. The lowest BCUT2D eigenvalue weighted by atomic mass is 10.1. The third kappa shape index (κ3) is 5.22. The summed E-state index contributed by atoms with van der Waals surface area (Å²) in [5.74, 6) is 0.434. The molecule has 0 fully saturated rings. The number of carbonyl (C=O) groups is 2. The molecule has 1 aromatic carbocycles. The molecule has 2 aliphatic rings. The molecule has 0 spiro atoms. The summed E-state index contributed by atoms with van der Waals surface area (Å²) in [5.41, 5.74) is 2.23. The minimum atomic E-state index is -0.392. The maximum Gasteiger partial charge on any atom is 0.337 e. The van der Waals surface area contributed by atoms with Gasteiger partial charge in [-0.15, -0.1) is 0 Å². The molecule has 1 amide bonds. The highest BCUT2D eigenvalue weighted by molar-refractivity contribution is 6.30. The van der Waals surface area contributed by atoms with Crippen molar-refractivity contribution >= 4 is 29.2 Å². The van der Waals surface area contributed by atoms with Crippen LogP contribution < -0.4 is 10.6 Å². The number of amides is 1.